The van der Waals surface area contributed by atoms with Gasteiger partial charge in [0.15, 0.2) is 0 Å². The predicted molar refractivity (Wildman–Crippen MR) is 106 cm³/mol. The van der Waals surface area contributed by atoms with Crippen molar-refractivity contribution in [2.24, 2.45) is 0 Å². The van der Waals surface area contributed by atoms with Crippen LogP contribution in [0, 0.1) is 6.92 Å². The molecule has 1 aliphatic heterocycles. The zero-order valence-electron chi connectivity index (χ0n) is 16.9. The number of aromatic nitrogens is 2. The molecule has 28 heavy (non-hydrogen) atoms. The molecule has 0 unspecified atom stereocenters. The summed E-state index contributed by atoms with van der Waals surface area (Å²) in [6, 6.07) is 4.83. The lowest BCUT2D eigenvalue weighted by Gasteiger charge is -2.34. The van der Waals surface area contributed by atoms with Crippen LogP contribution in [-0.2, 0) is 23.1 Å². The van der Waals surface area contributed by atoms with Gasteiger partial charge in [0, 0.05) is 57.1 Å². The lowest BCUT2D eigenvalue weighted by Crippen LogP contribution is -2.48. The van der Waals surface area contributed by atoms with Crippen LogP contribution in [0.1, 0.15) is 18.2 Å². The molecule has 2 aromatic rings. The second-order valence-electron chi connectivity index (χ2n) is 6.79. The quantitative estimate of drug-likeness (QED) is 0.695. The fourth-order valence-corrected chi connectivity index (χ4v) is 4.96. The lowest BCUT2D eigenvalue weighted by atomic mass is 10.2. The molecule has 3 rings (SSSR count). The Morgan fingerprint density at radius 2 is 1.82 bits per heavy atom. The predicted octanol–water partition coefficient (Wildman–Crippen LogP) is 1.74. The van der Waals surface area contributed by atoms with Gasteiger partial charge in [-0.2, -0.15) is 9.40 Å². The molecule has 0 radical (unpaired) electrons. The normalized spacial score (nSPS) is 16.3. The van der Waals surface area contributed by atoms with E-state index in [0.29, 0.717) is 37.7 Å². The third kappa shape index (κ3) is 4.16. The minimum absolute atomic E-state index is 0.142. The van der Waals surface area contributed by atoms with E-state index in [4.69, 9.17) is 9.47 Å². The third-order valence-corrected chi connectivity index (χ3v) is 7.01. The molecule has 8 nitrogen and oxygen atoms in total. The monoisotopic (exact) mass is 408 g/mol. The van der Waals surface area contributed by atoms with Gasteiger partial charge in [0.2, 0.25) is 10.0 Å². The Morgan fingerprint density at radius 3 is 2.39 bits per heavy atom. The maximum atomic E-state index is 13.2. The van der Waals surface area contributed by atoms with E-state index in [1.807, 2.05) is 11.6 Å². The van der Waals surface area contributed by atoms with Crippen LogP contribution in [0.15, 0.2) is 29.3 Å². The molecule has 0 aliphatic carbocycles. The van der Waals surface area contributed by atoms with Gasteiger partial charge in [-0.05, 0) is 26.0 Å². The van der Waals surface area contributed by atoms with Gasteiger partial charge >= 0.3 is 0 Å². The molecule has 1 aliphatic rings. The van der Waals surface area contributed by atoms with Crippen molar-refractivity contribution in [1.82, 2.24) is 19.0 Å². The van der Waals surface area contributed by atoms with Crippen molar-refractivity contribution in [2.75, 3.05) is 40.4 Å². The molecule has 154 valence electrons. The van der Waals surface area contributed by atoms with Gasteiger partial charge in [-0.1, -0.05) is 0 Å². The summed E-state index contributed by atoms with van der Waals surface area (Å²) in [5, 5.41) is 4.48. The summed E-state index contributed by atoms with van der Waals surface area (Å²) in [7, 11) is -0.673. The molecule has 1 aromatic heterocycles. The first-order valence-corrected chi connectivity index (χ1v) is 10.8. The molecule has 1 aromatic carbocycles. The van der Waals surface area contributed by atoms with Crippen LogP contribution in [0.5, 0.6) is 11.5 Å². The summed E-state index contributed by atoms with van der Waals surface area (Å²) in [6.07, 6.45) is 2.07. The van der Waals surface area contributed by atoms with Crippen LogP contribution in [0.2, 0.25) is 0 Å². The van der Waals surface area contributed by atoms with Gasteiger partial charge < -0.3 is 9.47 Å². The summed E-state index contributed by atoms with van der Waals surface area (Å²) >= 11 is 0. The number of ether oxygens (including phenoxy) is 2. The summed E-state index contributed by atoms with van der Waals surface area (Å²) in [5.41, 5.74) is 2.21. The number of aryl methyl sites for hydroxylation is 2. The molecule has 1 saturated heterocycles. The van der Waals surface area contributed by atoms with E-state index in [1.54, 1.807) is 12.1 Å². The molecule has 0 N–H and O–H groups in total. The fourth-order valence-electron chi connectivity index (χ4n) is 3.37. The first-order chi connectivity index (χ1) is 13.4. The summed E-state index contributed by atoms with van der Waals surface area (Å²) in [4.78, 5) is 2.40. The SMILES string of the molecule is CCn1cc(CN2CCN(S(=O)(=O)c3cc(OC)ccc3OC)CC2)c(C)n1. The molecule has 0 atom stereocenters. The number of benzene rings is 1. The fraction of sp³-hybridized carbons (Fsp3) is 0.526. The Balaban J connectivity index is 1.71. The van der Waals surface area contributed by atoms with Gasteiger partial charge in [-0.15, -0.1) is 0 Å². The highest BCUT2D eigenvalue weighted by Gasteiger charge is 2.31. The van der Waals surface area contributed by atoms with Gasteiger partial charge in [-0.25, -0.2) is 8.42 Å². The average molecular weight is 409 g/mol. The van der Waals surface area contributed by atoms with Crippen LogP contribution >= 0.6 is 0 Å². The molecule has 0 bridgehead atoms. The number of methoxy groups -OCH3 is 2. The van der Waals surface area contributed by atoms with Crippen molar-refractivity contribution < 1.29 is 17.9 Å². The zero-order chi connectivity index (χ0) is 20.3. The van der Waals surface area contributed by atoms with E-state index >= 15 is 0 Å². The summed E-state index contributed by atoms with van der Waals surface area (Å²) < 4.78 is 40.2. The first-order valence-electron chi connectivity index (χ1n) is 9.36. The van der Waals surface area contributed by atoms with Crippen molar-refractivity contribution in [3.63, 3.8) is 0 Å². The van der Waals surface area contributed by atoms with E-state index in [9.17, 15) is 8.42 Å². The van der Waals surface area contributed by atoms with Gasteiger partial charge in [-0.3, -0.25) is 9.58 Å². The number of sulfonamides is 1. The standard InChI is InChI=1S/C19H28N4O4S/c1-5-22-14-16(15(2)20-22)13-21-8-10-23(11-9-21)28(24,25)19-12-17(26-3)6-7-18(19)27-4/h6-7,12,14H,5,8-11,13H2,1-4H3. The Morgan fingerprint density at radius 1 is 1.11 bits per heavy atom. The topological polar surface area (TPSA) is 76.9 Å². The van der Waals surface area contributed by atoms with Crippen molar-refractivity contribution in [3.05, 3.63) is 35.7 Å². The van der Waals surface area contributed by atoms with E-state index < -0.39 is 10.0 Å². The van der Waals surface area contributed by atoms with Crippen LogP contribution in [-0.4, -0.2) is 67.8 Å². The molecular formula is C19H28N4O4S. The Hall–Kier alpha value is -2.10. The molecular weight excluding hydrogens is 380 g/mol. The molecule has 2 heterocycles. The second kappa shape index (κ2) is 8.50. The first kappa shape index (κ1) is 20.6. The van der Waals surface area contributed by atoms with Gasteiger partial charge in [0.1, 0.15) is 16.4 Å². The Bertz CT molecular complexity index is 918. The lowest BCUT2D eigenvalue weighted by molar-refractivity contribution is 0.181. The number of hydrogen-bond donors (Lipinski definition) is 0. The maximum absolute atomic E-state index is 13.2. The van der Waals surface area contributed by atoms with Gasteiger partial charge in [0.25, 0.3) is 0 Å². The maximum Gasteiger partial charge on any atom is 0.246 e. The van der Waals surface area contributed by atoms with Gasteiger partial charge in [0.05, 0.1) is 19.9 Å². The summed E-state index contributed by atoms with van der Waals surface area (Å²) in [6.45, 7) is 7.90. The van der Waals surface area contributed by atoms with Crippen LogP contribution in [0.3, 0.4) is 0 Å². The van der Waals surface area contributed by atoms with Crippen molar-refractivity contribution in [2.45, 2.75) is 31.8 Å². The summed E-state index contributed by atoms with van der Waals surface area (Å²) in [5.74, 6) is 0.812. The number of nitrogens with zero attached hydrogens (tertiary/aromatic N) is 4. The highest BCUT2D eigenvalue weighted by Crippen LogP contribution is 2.31. The molecule has 0 amide bonds. The highest BCUT2D eigenvalue weighted by atomic mass is 32.2. The number of hydrogen-bond acceptors (Lipinski definition) is 6. The highest BCUT2D eigenvalue weighted by molar-refractivity contribution is 7.89. The van der Waals surface area contributed by atoms with E-state index in [1.165, 1.54) is 30.2 Å². The second-order valence-corrected chi connectivity index (χ2v) is 8.70. The van der Waals surface area contributed by atoms with Crippen molar-refractivity contribution >= 4 is 10.0 Å². The third-order valence-electron chi connectivity index (χ3n) is 5.09. The average Bonchev–Trinajstić information content (AvgIpc) is 3.07. The number of rotatable bonds is 7. The minimum atomic E-state index is -3.66. The van der Waals surface area contributed by atoms with Crippen LogP contribution in [0.4, 0.5) is 0 Å². The zero-order valence-corrected chi connectivity index (χ0v) is 17.7. The minimum Gasteiger partial charge on any atom is -0.497 e. The van der Waals surface area contributed by atoms with E-state index in [-0.39, 0.29) is 4.90 Å². The van der Waals surface area contributed by atoms with E-state index in [2.05, 4.69) is 23.1 Å². The molecule has 0 saturated carbocycles. The largest absolute Gasteiger partial charge is 0.497 e. The van der Waals surface area contributed by atoms with Crippen LogP contribution in [0.25, 0.3) is 0 Å². The molecule has 1 fully saturated rings. The van der Waals surface area contributed by atoms with E-state index in [0.717, 1.165) is 18.8 Å². The Kier molecular flexibility index (Phi) is 6.26. The molecule has 0 spiro atoms. The smallest absolute Gasteiger partial charge is 0.246 e. The molecule has 9 heteroatoms. The van der Waals surface area contributed by atoms with Crippen molar-refractivity contribution in [1.29, 1.82) is 0 Å². The van der Waals surface area contributed by atoms with Crippen molar-refractivity contribution in [3.8, 4) is 11.5 Å². The van der Waals surface area contributed by atoms with Crippen LogP contribution < -0.4 is 9.47 Å². The number of piperazine rings is 1. The Labute approximate surface area is 166 Å².